The maximum absolute atomic E-state index is 11.9. The largest absolute Gasteiger partial charge is 0.398 e. The van der Waals surface area contributed by atoms with Gasteiger partial charge in [0.25, 0.3) is 5.91 Å². The maximum Gasteiger partial charge on any atom is 0.265 e. The van der Waals surface area contributed by atoms with E-state index in [9.17, 15) is 4.79 Å². The van der Waals surface area contributed by atoms with E-state index in [1.54, 1.807) is 6.07 Å². The number of hydrogen-bond donors (Lipinski definition) is 2. The average Bonchev–Trinajstić information content (AvgIpc) is 2.63. The highest BCUT2D eigenvalue weighted by Gasteiger charge is 2.10. The molecule has 1 amide bonds. The third kappa shape index (κ3) is 2.87. The third-order valence-electron chi connectivity index (χ3n) is 2.28. The van der Waals surface area contributed by atoms with Crippen molar-refractivity contribution < 1.29 is 4.79 Å². The molecule has 0 bridgehead atoms. The van der Waals surface area contributed by atoms with E-state index in [-0.39, 0.29) is 5.91 Å². The molecule has 0 saturated heterocycles. The first-order chi connectivity index (χ1) is 8.06. The van der Waals surface area contributed by atoms with Crippen LogP contribution in [0.3, 0.4) is 0 Å². The lowest BCUT2D eigenvalue weighted by atomic mass is 10.3. The van der Waals surface area contributed by atoms with Gasteiger partial charge in [-0.3, -0.25) is 4.79 Å². The molecule has 3 nitrogen and oxygen atoms in total. The zero-order chi connectivity index (χ0) is 12.4. The van der Waals surface area contributed by atoms with Crippen LogP contribution in [0.1, 0.15) is 14.5 Å². The molecule has 0 aliphatic heterocycles. The van der Waals surface area contributed by atoms with Crippen molar-refractivity contribution in [1.29, 1.82) is 0 Å². The van der Waals surface area contributed by atoms with Gasteiger partial charge >= 0.3 is 0 Å². The molecular formula is C12H11BrN2OS. The van der Waals surface area contributed by atoms with E-state index < -0.39 is 0 Å². The van der Waals surface area contributed by atoms with Gasteiger partial charge in [0.2, 0.25) is 0 Å². The Morgan fingerprint density at radius 2 is 2.00 bits per heavy atom. The molecule has 0 aliphatic carbocycles. The maximum atomic E-state index is 11.9. The fourth-order valence-electron chi connectivity index (χ4n) is 1.33. The van der Waals surface area contributed by atoms with Crippen molar-refractivity contribution in [2.75, 3.05) is 11.1 Å². The topological polar surface area (TPSA) is 55.1 Å². The standard InChI is InChI=1S/C12H11BrN2OS/c1-7-10(14)6-11(17-7)12(16)15-9-4-2-8(13)3-5-9/h2-6H,14H2,1H3,(H,15,16). The van der Waals surface area contributed by atoms with Crippen LogP contribution in [0.4, 0.5) is 11.4 Å². The molecule has 3 N–H and O–H groups in total. The summed E-state index contributed by atoms with van der Waals surface area (Å²) < 4.78 is 0.978. The Bertz CT molecular complexity index is 529. The molecule has 0 saturated carbocycles. The molecule has 1 aromatic carbocycles. The number of benzene rings is 1. The first-order valence-corrected chi connectivity index (χ1v) is 6.60. The van der Waals surface area contributed by atoms with Crippen molar-refractivity contribution in [1.82, 2.24) is 0 Å². The Kier molecular flexibility index (Phi) is 3.49. The number of hydrogen-bond acceptors (Lipinski definition) is 3. The number of amides is 1. The van der Waals surface area contributed by atoms with Crippen LogP contribution in [-0.4, -0.2) is 5.91 Å². The lowest BCUT2D eigenvalue weighted by molar-refractivity contribution is 0.103. The van der Waals surface area contributed by atoms with Gasteiger partial charge in [-0.05, 0) is 37.3 Å². The molecule has 88 valence electrons. The van der Waals surface area contributed by atoms with E-state index in [0.29, 0.717) is 10.6 Å². The zero-order valence-corrected chi connectivity index (χ0v) is 11.6. The summed E-state index contributed by atoms with van der Waals surface area (Å²) in [7, 11) is 0. The van der Waals surface area contributed by atoms with Crippen molar-refractivity contribution in [2.45, 2.75) is 6.92 Å². The number of carbonyl (C=O) groups is 1. The number of nitrogens with two attached hydrogens (primary N) is 1. The van der Waals surface area contributed by atoms with Gasteiger partial charge in [0.1, 0.15) is 0 Å². The SMILES string of the molecule is Cc1sc(C(=O)Nc2ccc(Br)cc2)cc1N. The van der Waals surface area contributed by atoms with Crippen LogP contribution in [0.25, 0.3) is 0 Å². The fourth-order valence-corrected chi connectivity index (χ4v) is 2.43. The minimum Gasteiger partial charge on any atom is -0.398 e. The molecule has 0 spiro atoms. The smallest absolute Gasteiger partial charge is 0.265 e. The van der Waals surface area contributed by atoms with Gasteiger partial charge in [-0.1, -0.05) is 15.9 Å². The number of carbonyl (C=O) groups excluding carboxylic acids is 1. The lowest BCUT2D eigenvalue weighted by Crippen LogP contribution is -2.09. The molecule has 0 atom stereocenters. The normalized spacial score (nSPS) is 10.2. The van der Waals surface area contributed by atoms with Crippen LogP contribution >= 0.6 is 27.3 Å². The number of nitrogen functional groups attached to an aromatic ring is 1. The predicted octanol–water partition coefficient (Wildman–Crippen LogP) is 3.65. The summed E-state index contributed by atoms with van der Waals surface area (Å²) >= 11 is 4.74. The van der Waals surface area contributed by atoms with Crippen LogP contribution in [0.2, 0.25) is 0 Å². The molecule has 5 heteroatoms. The Morgan fingerprint density at radius 3 is 2.53 bits per heavy atom. The van der Waals surface area contributed by atoms with Gasteiger partial charge in [-0.25, -0.2) is 0 Å². The molecule has 1 heterocycles. The minimum atomic E-state index is -0.128. The van der Waals surface area contributed by atoms with Crippen LogP contribution in [-0.2, 0) is 0 Å². The highest BCUT2D eigenvalue weighted by Crippen LogP contribution is 2.24. The van der Waals surface area contributed by atoms with E-state index in [2.05, 4.69) is 21.2 Å². The summed E-state index contributed by atoms with van der Waals surface area (Å²) in [4.78, 5) is 13.5. The summed E-state index contributed by atoms with van der Waals surface area (Å²) in [5, 5.41) is 2.82. The molecule has 0 unspecified atom stereocenters. The monoisotopic (exact) mass is 310 g/mol. The highest BCUT2D eigenvalue weighted by atomic mass is 79.9. The summed E-state index contributed by atoms with van der Waals surface area (Å²) in [6, 6.07) is 9.14. The Hall–Kier alpha value is -1.33. The van der Waals surface area contributed by atoms with E-state index in [1.165, 1.54) is 11.3 Å². The van der Waals surface area contributed by atoms with Gasteiger partial charge in [0.05, 0.1) is 4.88 Å². The molecular weight excluding hydrogens is 300 g/mol. The predicted molar refractivity (Wildman–Crippen MR) is 75.6 cm³/mol. The molecule has 2 aromatic rings. The van der Waals surface area contributed by atoms with E-state index in [4.69, 9.17) is 5.73 Å². The molecule has 2 rings (SSSR count). The minimum absolute atomic E-state index is 0.128. The second kappa shape index (κ2) is 4.89. The second-order valence-electron chi connectivity index (χ2n) is 3.58. The molecule has 1 aromatic heterocycles. The Balaban J connectivity index is 2.14. The van der Waals surface area contributed by atoms with Crippen LogP contribution in [0.5, 0.6) is 0 Å². The summed E-state index contributed by atoms with van der Waals surface area (Å²) in [6.07, 6.45) is 0. The van der Waals surface area contributed by atoms with E-state index >= 15 is 0 Å². The summed E-state index contributed by atoms with van der Waals surface area (Å²) in [5.74, 6) is -0.128. The highest BCUT2D eigenvalue weighted by molar-refractivity contribution is 9.10. The van der Waals surface area contributed by atoms with E-state index in [0.717, 1.165) is 15.0 Å². The molecule has 0 fully saturated rings. The molecule has 0 aliphatic rings. The van der Waals surface area contributed by atoms with Gasteiger partial charge in [0, 0.05) is 20.7 Å². The van der Waals surface area contributed by atoms with E-state index in [1.807, 2.05) is 31.2 Å². The van der Waals surface area contributed by atoms with Gasteiger partial charge in [-0.15, -0.1) is 11.3 Å². The number of aryl methyl sites for hydroxylation is 1. The summed E-state index contributed by atoms with van der Waals surface area (Å²) in [5.41, 5.74) is 7.15. The Morgan fingerprint density at radius 1 is 1.35 bits per heavy atom. The van der Waals surface area contributed by atoms with Gasteiger partial charge in [-0.2, -0.15) is 0 Å². The fraction of sp³-hybridized carbons (Fsp3) is 0.0833. The first-order valence-electron chi connectivity index (χ1n) is 4.99. The van der Waals surface area contributed by atoms with Crippen LogP contribution < -0.4 is 11.1 Å². The van der Waals surface area contributed by atoms with Crippen molar-refractivity contribution in [3.8, 4) is 0 Å². The van der Waals surface area contributed by atoms with Crippen molar-refractivity contribution >= 4 is 44.5 Å². The quantitative estimate of drug-likeness (QED) is 0.889. The third-order valence-corrected chi connectivity index (χ3v) is 3.88. The molecule has 0 radical (unpaired) electrons. The van der Waals surface area contributed by atoms with Crippen molar-refractivity contribution in [2.24, 2.45) is 0 Å². The number of halogens is 1. The number of nitrogens with one attached hydrogen (secondary N) is 1. The first kappa shape index (κ1) is 12.1. The molecule has 17 heavy (non-hydrogen) atoms. The summed E-state index contributed by atoms with van der Waals surface area (Å²) in [6.45, 7) is 1.90. The number of thiophene rings is 1. The number of rotatable bonds is 2. The van der Waals surface area contributed by atoms with Crippen LogP contribution in [0.15, 0.2) is 34.8 Å². The lowest BCUT2D eigenvalue weighted by Gasteiger charge is -2.02. The second-order valence-corrected chi connectivity index (χ2v) is 5.76. The number of anilines is 2. The van der Waals surface area contributed by atoms with Gasteiger partial charge in [0.15, 0.2) is 0 Å². The van der Waals surface area contributed by atoms with Crippen LogP contribution in [0, 0.1) is 6.92 Å². The van der Waals surface area contributed by atoms with Crippen molar-refractivity contribution in [3.05, 3.63) is 44.6 Å². The average molecular weight is 311 g/mol. The zero-order valence-electron chi connectivity index (χ0n) is 9.16. The van der Waals surface area contributed by atoms with Crippen molar-refractivity contribution in [3.63, 3.8) is 0 Å². The Labute approximate surface area is 112 Å². The van der Waals surface area contributed by atoms with Gasteiger partial charge < -0.3 is 11.1 Å².